The molecule has 1 fully saturated rings. The second-order valence-electron chi connectivity index (χ2n) is 3.88. The van der Waals surface area contributed by atoms with Gasteiger partial charge in [0.1, 0.15) is 0 Å². The average Bonchev–Trinajstić information content (AvgIpc) is 2.76. The van der Waals surface area contributed by atoms with Crippen LogP contribution in [0.5, 0.6) is 0 Å². The predicted octanol–water partition coefficient (Wildman–Crippen LogP) is 2.53. The van der Waals surface area contributed by atoms with Crippen LogP contribution in [0.15, 0.2) is 22.8 Å². The van der Waals surface area contributed by atoms with Crippen LogP contribution in [0.25, 0.3) is 0 Å². The third-order valence-corrected chi connectivity index (χ3v) is 3.45. The van der Waals surface area contributed by atoms with Crippen LogP contribution in [-0.2, 0) is 0 Å². The molecule has 3 rings (SSSR count). The highest BCUT2D eigenvalue weighted by Crippen LogP contribution is 2.64. The first kappa shape index (κ1) is 5.17. The maximum atomic E-state index is 2.46. The molecule has 10 heavy (non-hydrogen) atoms. The summed E-state index contributed by atoms with van der Waals surface area (Å²) in [6, 6.07) is 0. The van der Waals surface area contributed by atoms with Crippen molar-refractivity contribution in [3.05, 3.63) is 22.8 Å². The lowest BCUT2D eigenvalue weighted by Gasteiger charge is -1.85. The molecule has 0 spiro atoms. The largest absolute Gasteiger partial charge is 0.0803 e. The molecule has 0 saturated heterocycles. The lowest BCUT2D eigenvalue weighted by atomic mass is 10.2. The summed E-state index contributed by atoms with van der Waals surface area (Å²) < 4.78 is 0. The Labute approximate surface area is 61.6 Å². The average molecular weight is 132 g/mol. The van der Waals surface area contributed by atoms with Gasteiger partial charge in [0, 0.05) is 5.92 Å². The Morgan fingerprint density at radius 2 is 2.20 bits per heavy atom. The van der Waals surface area contributed by atoms with Crippen LogP contribution >= 0.6 is 0 Å². The lowest BCUT2D eigenvalue weighted by molar-refractivity contribution is 0.826. The number of hydrogen-bond donors (Lipinski definition) is 0. The normalized spacial score (nSPS) is 47.8. The molecule has 0 radical (unpaired) electrons. The predicted molar refractivity (Wildman–Crippen MR) is 41.5 cm³/mol. The minimum Gasteiger partial charge on any atom is -0.0803 e. The molecule has 0 heterocycles. The van der Waals surface area contributed by atoms with Crippen molar-refractivity contribution in [2.75, 3.05) is 0 Å². The Hall–Kier alpha value is -0.520. The molecule has 0 aromatic heterocycles. The Morgan fingerprint density at radius 3 is 2.90 bits per heavy atom. The topological polar surface area (TPSA) is 0 Å². The summed E-state index contributed by atoms with van der Waals surface area (Å²) in [6.45, 7) is 4.71. The minimum atomic E-state index is 0.892. The highest BCUT2D eigenvalue weighted by atomic mass is 14.6. The fourth-order valence-corrected chi connectivity index (χ4v) is 2.59. The fraction of sp³-hybridized carbons (Fsp3) is 0.600. The summed E-state index contributed by atoms with van der Waals surface area (Å²) in [6.07, 6.45) is 3.74. The van der Waals surface area contributed by atoms with E-state index in [4.69, 9.17) is 0 Å². The second-order valence-corrected chi connectivity index (χ2v) is 3.88. The lowest BCUT2D eigenvalue weighted by Crippen LogP contribution is -1.76. The highest BCUT2D eigenvalue weighted by molar-refractivity contribution is 5.57. The summed E-state index contributed by atoms with van der Waals surface area (Å²) in [5, 5.41) is 0. The van der Waals surface area contributed by atoms with Gasteiger partial charge in [-0.15, -0.1) is 0 Å². The summed E-state index contributed by atoms with van der Waals surface area (Å²) in [5.74, 6) is 2.74. The molecule has 3 aliphatic rings. The van der Waals surface area contributed by atoms with Crippen LogP contribution in [0, 0.1) is 17.8 Å². The zero-order valence-electron chi connectivity index (χ0n) is 6.52. The van der Waals surface area contributed by atoms with Crippen molar-refractivity contribution < 1.29 is 0 Å². The Morgan fingerprint density at radius 1 is 1.40 bits per heavy atom. The molecule has 3 atom stereocenters. The monoisotopic (exact) mass is 132 g/mol. The number of hydrogen-bond acceptors (Lipinski definition) is 0. The number of rotatable bonds is 0. The van der Waals surface area contributed by atoms with Crippen molar-refractivity contribution in [2.45, 2.75) is 20.3 Å². The van der Waals surface area contributed by atoms with Gasteiger partial charge in [0.15, 0.2) is 0 Å². The number of fused-ring (bicyclic) bond motifs is 2. The van der Waals surface area contributed by atoms with Gasteiger partial charge in [-0.3, -0.25) is 0 Å². The molecule has 0 aliphatic heterocycles. The van der Waals surface area contributed by atoms with E-state index in [0.29, 0.717) is 0 Å². The van der Waals surface area contributed by atoms with Gasteiger partial charge >= 0.3 is 0 Å². The molecule has 0 N–H and O–H groups in total. The van der Waals surface area contributed by atoms with Gasteiger partial charge in [-0.25, -0.2) is 0 Å². The molecule has 1 saturated carbocycles. The second kappa shape index (κ2) is 1.25. The molecule has 0 heteroatoms. The maximum Gasteiger partial charge on any atom is 0.00820 e. The summed E-state index contributed by atoms with van der Waals surface area (Å²) in [5.41, 5.74) is 5.31. The van der Waals surface area contributed by atoms with E-state index in [1.165, 1.54) is 6.42 Å². The van der Waals surface area contributed by atoms with Crippen molar-refractivity contribution in [2.24, 2.45) is 17.8 Å². The van der Waals surface area contributed by atoms with Gasteiger partial charge in [0.25, 0.3) is 0 Å². The third-order valence-electron chi connectivity index (χ3n) is 3.45. The van der Waals surface area contributed by atoms with Crippen molar-refractivity contribution in [3.63, 3.8) is 0 Å². The molecular weight excluding hydrogens is 120 g/mol. The minimum absolute atomic E-state index is 0.892. The van der Waals surface area contributed by atoms with E-state index in [-0.39, 0.29) is 0 Å². The zero-order valence-corrected chi connectivity index (χ0v) is 6.52. The smallest absolute Gasteiger partial charge is 0.00820 e. The molecule has 52 valence electrons. The van der Waals surface area contributed by atoms with E-state index >= 15 is 0 Å². The van der Waals surface area contributed by atoms with E-state index in [9.17, 15) is 0 Å². The number of allylic oxidation sites excluding steroid dienone is 4. The first-order valence-electron chi connectivity index (χ1n) is 4.23. The van der Waals surface area contributed by atoms with E-state index in [1.54, 1.807) is 11.1 Å². The molecule has 0 nitrogen and oxygen atoms in total. The summed E-state index contributed by atoms with van der Waals surface area (Å²) >= 11 is 0. The van der Waals surface area contributed by atoms with E-state index in [2.05, 4.69) is 19.9 Å². The van der Waals surface area contributed by atoms with Crippen molar-refractivity contribution in [1.82, 2.24) is 0 Å². The molecule has 0 aromatic rings. The van der Waals surface area contributed by atoms with Gasteiger partial charge in [-0.05, 0) is 18.3 Å². The standard InChI is InChI=1S/C10H12/c1-5-7-3-4-8-6(2)10(8)9(5)7/h3,5-6,9H,4H2,1-2H3. The first-order chi connectivity index (χ1) is 4.80. The van der Waals surface area contributed by atoms with Crippen molar-refractivity contribution in [1.29, 1.82) is 0 Å². The van der Waals surface area contributed by atoms with Crippen LogP contribution in [0.2, 0.25) is 0 Å². The van der Waals surface area contributed by atoms with Gasteiger partial charge < -0.3 is 0 Å². The molecule has 3 aliphatic carbocycles. The third kappa shape index (κ3) is 0.387. The van der Waals surface area contributed by atoms with Gasteiger partial charge in [0.05, 0.1) is 0 Å². The van der Waals surface area contributed by atoms with Crippen LogP contribution in [-0.4, -0.2) is 0 Å². The van der Waals surface area contributed by atoms with Crippen molar-refractivity contribution in [3.8, 4) is 0 Å². The summed E-state index contributed by atoms with van der Waals surface area (Å²) in [7, 11) is 0. The van der Waals surface area contributed by atoms with Gasteiger partial charge in [-0.1, -0.05) is 36.6 Å². The van der Waals surface area contributed by atoms with Crippen molar-refractivity contribution >= 4 is 0 Å². The molecular formula is C10H12. The van der Waals surface area contributed by atoms with Crippen LogP contribution in [0.1, 0.15) is 20.3 Å². The summed E-state index contributed by atoms with van der Waals surface area (Å²) in [4.78, 5) is 0. The molecule has 0 amide bonds. The van der Waals surface area contributed by atoms with Crippen LogP contribution in [0.3, 0.4) is 0 Å². The highest BCUT2D eigenvalue weighted by Gasteiger charge is 2.53. The molecule has 0 aromatic carbocycles. The molecule has 3 unspecified atom stereocenters. The first-order valence-corrected chi connectivity index (χ1v) is 4.23. The van der Waals surface area contributed by atoms with Crippen LogP contribution < -0.4 is 0 Å². The molecule has 0 bridgehead atoms. The quantitative estimate of drug-likeness (QED) is 0.444. The SMILES string of the molecule is CC1C2=C1C1C(=CC2)C1C. The maximum absolute atomic E-state index is 2.46. The Bertz CT molecular complexity index is 268. The van der Waals surface area contributed by atoms with Crippen LogP contribution in [0.4, 0.5) is 0 Å². The van der Waals surface area contributed by atoms with E-state index < -0.39 is 0 Å². The fourth-order valence-electron chi connectivity index (χ4n) is 2.59. The van der Waals surface area contributed by atoms with Gasteiger partial charge in [-0.2, -0.15) is 0 Å². The van der Waals surface area contributed by atoms with E-state index in [1.807, 2.05) is 5.57 Å². The zero-order chi connectivity index (χ0) is 6.88. The van der Waals surface area contributed by atoms with E-state index in [0.717, 1.165) is 17.8 Å². The Kier molecular flexibility index (Phi) is 0.647. The Balaban J connectivity index is 2.01. The van der Waals surface area contributed by atoms with Gasteiger partial charge in [0.2, 0.25) is 0 Å².